The first-order valence-electron chi connectivity index (χ1n) is 7.53. The fraction of sp³-hybridized carbons (Fsp3) is 0.500. The molecule has 2 amide bonds. The Morgan fingerprint density at radius 2 is 2.14 bits per heavy atom. The molecule has 2 unspecified atom stereocenters. The van der Waals surface area contributed by atoms with Crippen molar-refractivity contribution in [2.75, 3.05) is 13.2 Å². The van der Waals surface area contributed by atoms with Crippen LogP contribution in [0.1, 0.15) is 37.7 Å². The molecule has 6 heteroatoms. The second-order valence-corrected chi connectivity index (χ2v) is 5.36. The van der Waals surface area contributed by atoms with Crippen molar-refractivity contribution in [1.82, 2.24) is 4.90 Å². The van der Waals surface area contributed by atoms with Gasteiger partial charge in [0, 0.05) is 12.1 Å². The van der Waals surface area contributed by atoms with Crippen molar-refractivity contribution in [3.8, 4) is 0 Å². The average molecular weight is 308 g/mol. The zero-order valence-electron chi connectivity index (χ0n) is 12.6. The van der Waals surface area contributed by atoms with Crippen LogP contribution in [-0.4, -0.2) is 36.1 Å². The van der Waals surface area contributed by atoms with Gasteiger partial charge in [-0.2, -0.15) is 0 Å². The van der Waals surface area contributed by atoms with Gasteiger partial charge in [-0.05, 0) is 32.3 Å². The highest BCUT2D eigenvalue weighted by molar-refractivity contribution is 5.84. The number of ether oxygens (including phenoxy) is 1. The fourth-order valence-electron chi connectivity index (χ4n) is 3.01. The lowest BCUT2D eigenvalue weighted by Gasteiger charge is -2.38. The number of piperidine rings is 1. The van der Waals surface area contributed by atoms with Gasteiger partial charge in [-0.15, -0.1) is 0 Å². The van der Waals surface area contributed by atoms with Crippen molar-refractivity contribution in [2.45, 2.75) is 38.1 Å². The van der Waals surface area contributed by atoms with E-state index in [1.807, 2.05) is 0 Å². The number of likely N-dealkylation sites (tertiary alicyclic amines) is 1. The Morgan fingerprint density at radius 1 is 1.41 bits per heavy atom. The highest BCUT2D eigenvalue weighted by atomic mass is 19.1. The SMILES string of the molecule is CCOC(=O)N1CCCCC1C(C(N)=O)c1ccccc1F. The maximum Gasteiger partial charge on any atom is 0.410 e. The van der Waals surface area contributed by atoms with Crippen LogP contribution in [0.25, 0.3) is 0 Å². The number of carbonyl (C=O) groups is 2. The van der Waals surface area contributed by atoms with Gasteiger partial charge in [0.15, 0.2) is 0 Å². The first kappa shape index (κ1) is 16.3. The van der Waals surface area contributed by atoms with Crippen LogP contribution < -0.4 is 5.73 Å². The molecule has 0 aliphatic carbocycles. The van der Waals surface area contributed by atoms with Gasteiger partial charge < -0.3 is 15.4 Å². The summed E-state index contributed by atoms with van der Waals surface area (Å²) in [4.78, 5) is 25.6. The van der Waals surface area contributed by atoms with E-state index >= 15 is 0 Å². The summed E-state index contributed by atoms with van der Waals surface area (Å²) in [6, 6.07) is 5.58. The van der Waals surface area contributed by atoms with Gasteiger partial charge in [-0.25, -0.2) is 9.18 Å². The Labute approximate surface area is 129 Å². The summed E-state index contributed by atoms with van der Waals surface area (Å²) in [5.74, 6) is -1.99. The first-order valence-corrected chi connectivity index (χ1v) is 7.53. The van der Waals surface area contributed by atoms with Crippen molar-refractivity contribution in [3.63, 3.8) is 0 Å². The molecule has 1 fully saturated rings. The molecule has 0 spiro atoms. The monoisotopic (exact) mass is 308 g/mol. The molecular formula is C16H21FN2O3. The Hall–Kier alpha value is -2.11. The van der Waals surface area contributed by atoms with Crippen LogP contribution in [0.4, 0.5) is 9.18 Å². The Kier molecular flexibility index (Phi) is 5.35. The van der Waals surface area contributed by atoms with Gasteiger partial charge >= 0.3 is 6.09 Å². The average Bonchev–Trinajstić information content (AvgIpc) is 2.50. The second-order valence-electron chi connectivity index (χ2n) is 5.36. The van der Waals surface area contributed by atoms with E-state index in [9.17, 15) is 14.0 Å². The molecule has 2 atom stereocenters. The van der Waals surface area contributed by atoms with Crippen LogP contribution in [0.2, 0.25) is 0 Å². The zero-order chi connectivity index (χ0) is 16.1. The molecule has 0 bridgehead atoms. The molecular weight excluding hydrogens is 287 g/mol. The van der Waals surface area contributed by atoms with Crippen molar-refractivity contribution in [2.24, 2.45) is 5.73 Å². The Morgan fingerprint density at radius 3 is 2.77 bits per heavy atom. The Balaban J connectivity index is 2.35. The van der Waals surface area contributed by atoms with Crippen molar-refractivity contribution in [3.05, 3.63) is 35.6 Å². The van der Waals surface area contributed by atoms with Crippen molar-refractivity contribution >= 4 is 12.0 Å². The molecule has 1 aliphatic heterocycles. The molecule has 1 saturated heterocycles. The standard InChI is InChI=1S/C16H21FN2O3/c1-2-22-16(21)19-10-6-5-9-13(19)14(15(18)20)11-7-3-4-8-12(11)17/h3-4,7-8,13-14H,2,5-6,9-10H2,1H3,(H2,18,20). The number of hydrogen-bond donors (Lipinski definition) is 1. The topological polar surface area (TPSA) is 72.6 Å². The maximum absolute atomic E-state index is 14.1. The van der Waals surface area contributed by atoms with Gasteiger partial charge in [-0.3, -0.25) is 4.79 Å². The molecule has 120 valence electrons. The predicted molar refractivity (Wildman–Crippen MR) is 79.7 cm³/mol. The normalized spacial score (nSPS) is 19.5. The predicted octanol–water partition coefficient (Wildman–Crippen LogP) is 2.41. The van der Waals surface area contributed by atoms with E-state index in [1.54, 1.807) is 25.1 Å². The van der Waals surface area contributed by atoms with E-state index in [1.165, 1.54) is 11.0 Å². The number of rotatable bonds is 4. The largest absolute Gasteiger partial charge is 0.450 e. The van der Waals surface area contributed by atoms with Crippen LogP contribution in [0.3, 0.4) is 0 Å². The number of carbonyl (C=O) groups excluding carboxylic acids is 2. The highest BCUT2D eigenvalue weighted by Gasteiger charge is 2.38. The molecule has 1 heterocycles. The number of hydrogen-bond acceptors (Lipinski definition) is 3. The third-order valence-electron chi connectivity index (χ3n) is 3.98. The van der Waals surface area contributed by atoms with Crippen LogP contribution in [-0.2, 0) is 9.53 Å². The van der Waals surface area contributed by atoms with Crippen LogP contribution in [0.5, 0.6) is 0 Å². The quantitative estimate of drug-likeness (QED) is 0.928. The maximum atomic E-state index is 14.1. The number of nitrogens with zero attached hydrogens (tertiary/aromatic N) is 1. The van der Waals surface area contributed by atoms with Gasteiger partial charge in [0.25, 0.3) is 0 Å². The number of primary amides is 1. The van der Waals surface area contributed by atoms with Gasteiger partial charge in [0.2, 0.25) is 5.91 Å². The van der Waals surface area contributed by atoms with E-state index in [0.717, 1.165) is 12.8 Å². The smallest absolute Gasteiger partial charge is 0.410 e. The first-order chi connectivity index (χ1) is 10.6. The molecule has 2 N–H and O–H groups in total. The second kappa shape index (κ2) is 7.24. The molecule has 0 radical (unpaired) electrons. The summed E-state index contributed by atoms with van der Waals surface area (Å²) in [5, 5.41) is 0. The minimum absolute atomic E-state index is 0.233. The number of nitrogens with two attached hydrogens (primary N) is 1. The molecule has 1 aliphatic rings. The molecule has 0 saturated carbocycles. The summed E-state index contributed by atoms with van der Waals surface area (Å²) in [6.07, 6.45) is 1.81. The number of amides is 2. The van der Waals surface area contributed by atoms with E-state index in [0.29, 0.717) is 13.0 Å². The fourth-order valence-corrected chi connectivity index (χ4v) is 3.01. The zero-order valence-corrected chi connectivity index (χ0v) is 12.6. The van der Waals surface area contributed by atoms with E-state index in [2.05, 4.69) is 0 Å². The minimum atomic E-state index is -0.870. The van der Waals surface area contributed by atoms with E-state index < -0.39 is 29.8 Å². The van der Waals surface area contributed by atoms with Gasteiger partial charge in [0.1, 0.15) is 5.82 Å². The highest BCUT2D eigenvalue weighted by Crippen LogP contribution is 2.32. The molecule has 22 heavy (non-hydrogen) atoms. The molecule has 5 nitrogen and oxygen atoms in total. The van der Waals surface area contributed by atoms with Gasteiger partial charge in [-0.1, -0.05) is 18.2 Å². The van der Waals surface area contributed by atoms with Crippen molar-refractivity contribution in [1.29, 1.82) is 0 Å². The van der Waals surface area contributed by atoms with E-state index in [4.69, 9.17) is 10.5 Å². The van der Waals surface area contributed by atoms with Crippen LogP contribution in [0, 0.1) is 5.82 Å². The summed E-state index contributed by atoms with van der Waals surface area (Å²) in [6.45, 7) is 2.46. The lowest BCUT2D eigenvalue weighted by atomic mass is 9.84. The Bertz CT molecular complexity index is 550. The van der Waals surface area contributed by atoms with E-state index in [-0.39, 0.29) is 12.2 Å². The summed E-state index contributed by atoms with van der Waals surface area (Å²) in [5.41, 5.74) is 5.75. The van der Waals surface area contributed by atoms with Crippen LogP contribution in [0.15, 0.2) is 24.3 Å². The summed E-state index contributed by atoms with van der Waals surface area (Å²) < 4.78 is 19.1. The lowest BCUT2D eigenvalue weighted by molar-refractivity contribution is -0.121. The lowest BCUT2D eigenvalue weighted by Crippen LogP contribution is -2.50. The molecule has 2 rings (SSSR count). The number of halogens is 1. The third kappa shape index (κ3) is 3.37. The third-order valence-corrected chi connectivity index (χ3v) is 3.98. The summed E-state index contributed by atoms with van der Waals surface area (Å²) >= 11 is 0. The minimum Gasteiger partial charge on any atom is -0.450 e. The van der Waals surface area contributed by atoms with Crippen molar-refractivity contribution < 1.29 is 18.7 Å². The summed E-state index contributed by atoms with van der Waals surface area (Å²) in [7, 11) is 0. The van der Waals surface area contributed by atoms with Crippen LogP contribution >= 0.6 is 0 Å². The number of benzene rings is 1. The van der Waals surface area contributed by atoms with Gasteiger partial charge in [0.05, 0.1) is 18.6 Å². The molecule has 1 aromatic rings. The molecule has 1 aromatic carbocycles. The molecule has 0 aromatic heterocycles.